The van der Waals surface area contributed by atoms with Crippen molar-refractivity contribution in [1.29, 1.82) is 0 Å². The lowest BCUT2D eigenvalue weighted by Gasteiger charge is -2.13. The van der Waals surface area contributed by atoms with Crippen molar-refractivity contribution in [3.8, 4) is 0 Å². The van der Waals surface area contributed by atoms with Gasteiger partial charge in [0.05, 0.1) is 12.7 Å². The van der Waals surface area contributed by atoms with Gasteiger partial charge in [0.25, 0.3) is 0 Å². The Morgan fingerprint density at radius 1 is 1.57 bits per heavy atom. The molecule has 2 N–H and O–H groups in total. The number of carbonyl (C=O) groups excluding carboxylic acids is 1. The molecule has 1 fully saturated rings. The van der Waals surface area contributed by atoms with Crippen molar-refractivity contribution in [3.05, 3.63) is 12.2 Å². The Labute approximate surface area is 81.9 Å². The van der Waals surface area contributed by atoms with E-state index in [2.05, 4.69) is 4.74 Å². The average molecular weight is 202 g/mol. The second kappa shape index (κ2) is 5.62. The van der Waals surface area contributed by atoms with E-state index < -0.39 is 18.4 Å². The zero-order chi connectivity index (χ0) is 10.4. The third-order valence-corrected chi connectivity index (χ3v) is 1.94. The van der Waals surface area contributed by atoms with E-state index in [1.807, 2.05) is 0 Å². The van der Waals surface area contributed by atoms with Gasteiger partial charge in [-0.25, -0.2) is 4.79 Å². The van der Waals surface area contributed by atoms with E-state index in [1.54, 1.807) is 12.2 Å². The number of rotatable bonds is 5. The molecule has 5 nitrogen and oxygen atoms in total. The topological polar surface area (TPSA) is 76.0 Å². The Morgan fingerprint density at radius 2 is 2.36 bits per heavy atom. The highest BCUT2D eigenvalue weighted by Crippen LogP contribution is 2.13. The van der Waals surface area contributed by atoms with Gasteiger partial charge in [0, 0.05) is 0 Å². The Bertz CT molecular complexity index is 213. The Balaban J connectivity index is 2.18. The van der Waals surface area contributed by atoms with Crippen LogP contribution in [0.1, 0.15) is 12.8 Å². The molecule has 0 aromatic heterocycles. The standard InChI is InChI=1S/C9H14O5/c10-5-3-1-2-4-7(11)8-6-13-9(12)14-8/h1,3,7-8,10-11H,2,4-6H2/b3-1-/t7-,8+/m1/s1. The molecule has 0 aliphatic carbocycles. The Hall–Kier alpha value is -1.07. The molecule has 0 amide bonds. The monoisotopic (exact) mass is 202 g/mol. The molecule has 1 rings (SSSR count). The Morgan fingerprint density at radius 3 is 2.93 bits per heavy atom. The van der Waals surface area contributed by atoms with E-state index >= 15 is 0 Å². The van der Waals surface area contributed by atoms with Gasteiger partial charge in [0.15, 0.2) is 6.10 Å². The van der Waals surface area contributed by atoms with E-state index in [-0.39, 0.29) is 13.2 Å². The number of aliphatic hydroxyl groups excluding tert-OH is 2. The maximum Gasteiger partial charge on any atom is 0.508 e. The summed E-state index contributed by atoms with van der Waals surface area (Å²) in [7, 11) is 0. The van der Waals surface area contributed by atoms with Crippen molar-refractivity contribution >= 4 is 6.16 Å². The van der Waals surface area contributed by atoms with Crippen LogP contribution in [0, 0.1) is 0 Å². The molecule has 5 heteroatoms. The fraction of sp³-hybridized carbons (Fsp3) is 0.667. The van der Waals surface area contributed by atoms with Crippen LogP contribution < -0.4 is 0 Å². The number of hydrogen-bond acceptors (Lipinski definition) is 5. The van der Waals surface area contributed by atoms with Crippen molar-refractivity contribution in [2.24, 2.45) is 0 Å². The summed E-state index contributed by atoms with van der Waals surface area (Å²) in [6, 6.07) is 0. The summed E-state index contributed by atoms with van der Waals surface area (Å²) >= 11 is 0. The van der Waals surface area contributed by atoms with Crippen LogP contribution in [0.25, 0.3) is 0 Å². The van der Waals surface area contributed by atoms with E-state index in [4.69, 9.17) is 9.84 Å². The lowest BCUT2D eigenvalue weighted by molar-refractivity contribution is 0.0285. The maximum atomic E-state index is 10.5. The van der Waals surface area contributed by atoms with E-state index in [0.717, 1.165) is 0 Å². The molecule has 0 spiro atoms. The first kappa shape index (κ1) is 11.0. The van der Waals surface area contributed by atoms with Gasteiger partial charge in [-0.05, 0) is 12.8 Å². The zero-order valence-electron chi connectivity index (χ0n) is 7.76. The van der Waals surface area contributed by atoms with Gasteiger partial charge < -0.3 is 19.7 Å². The molecule has 0 aromatic carbocycles. The van der Waals surface area contributed by atoms with Gasteiger partial charge in [-0.1, -0.05) is 12.2 Å². The fourth-order valence-electron chi connectivity index (χ4n) is 1.18. The van der Waals surface area contributed by atoms with Gasteiger partial charge in [-0.3, -0.25) is 0 Å². The second-order valence-corrected chi connectivity index (χ2v) is 3.02. The van der Waals surface area contributed by atoms with Crippen molar-refractivity contribution in [3.63, 3.8) is 0 Å². The molecular weight excluding hydrogens is 188 g/mol. The molecule has 2 atom stereocenters. The van der Waals surface area contributed by atoms with Gasteiger partial charge in [-0.2, -0.15) is 0 Å². The van der Waals surface area contributed by atoms with Gasteiger partial charge in [0.2, 0.25) is 0 Å². The lowest BCUT2D eigenvalue weighted by atomic mass is 10.1. The highest BCUT2D eigenvalue weighted by atomic mass is 16.8. The van der Waals surface area contributed by atoms with Gasteiger partial charge >= 0.3 is 6.16 Å². The fourth-order valence-corrected chi connectivity index (χ4v) is 1.18. The second-order valence-electron chi connectivity index (χ2n) is 3.02. The summed E-state index contributed by atoms with van der Waals surface area (Å²) in [6.45, 7) is 0.112. The number of hydrogen-bond donors (Lipinski definition) is 2. The number of ether oxygens (including phenoxy) is 2. The molecule has 1 heterocycles. The predicted octanol–water partition coefficient (Wildman–Crippen LogP) is 0.211. The summed E-state index contributed by atoms with van der Waals surface area (Å²) in [5.74, 6) is 0. The first-order valence-corrected chi connectivity index (χ1v) is 4.51. The highest BCUT2D eigenvalue weighted by Gasteiger charge is 2.30. The molecular formula is C9H14O5. The minimum atomic E-state index is -0.722. The van der Waals surface area contributed by atoms with E-state index in [0.29, 0.717) is 12.8 Å². The third kappa shape index (κ3) is 3.35. The van der Waals surface area contributed by atoms with Crippen LogP contribution in [0.5, 0.6) is 0 Å². The summed E-state index contributed by atoms with van der Waals surface area (Å²) in [5.41, 5.74) is 0. The summed E-state index contributed by atoms with van der Waals surface area (Å²) in [6.07, 6.45) is 2.51. The largest absolute Gasteiger partial charge is 0.508 e. The molecule has 0 aromatic rings. The maximum absolute atomic E-state index is 10.5. The number of cyclic esters (lactones) is 2. The highest BCUT2D eigenvalue weighted by molar-refractivity contribution is 5.61. The van der Waals surface area contributed by atoms with E-state index in [1.165, 1.54) is 0 Å². The SMILES string of the molecule is O=C1OC[C@@H]([C@H](O)CC/C=C\CO)O1. The molecule has 80 valence electrons. The summed E-state index contributed by atoms with van der Waals surface area (Å²) < 4.78 is 9.23. The van der Waals surface area contributed by atoms with Gasteiger partial charge in [-0.15, -0.1) is 0 Å². The van der Waals surface area contributed by atoms with Crippen LogP contribution in [-0.4, -0.2) is 41.8 Å². The van der Waals surface area contributed by atoms with Crippen LogP contribution in [-0.2, 0) is 9.47 Å². The van der Waals surface area contributed by atoms with Crippen LogP contribution in [0.2, 0.25) is 0 Å². The van der Waals surface area contributed by atoms with Crippen molar-refractivity contribution in [2.45, 2.75) is 25.0 Å². The van der Waals surface area contributed by atoms with Crippen molar-refractivity contribution in [2.75, 3.05) is 13.2 Å². The van der Waals surface area contributed by atoms with Crippen LogP contribution in [0.3, 0.4) is 0 Å². The minimum absolute atomic E-state index is 0.00236. The average Bonchev–Trinajstić information content (AvgIpc) is 2.59. The normalized spacial score (nSPS) is 23.6. The molecule has 1 aliphatic rings. The third-order valence-electron chi connectivity index (χ3n) is 1.94. The van der Waals surface area contributed by atoms with Crippen LogP contribution in [0.4, 0.5) is 4.79 Å². The summed E-state index contributed by atoms with van der Waals surface area (Å²) in [4.78, 5) is 10.5. The first-order valence-electron chi connectivity index (χ1n) is 4.51. The zero-order valence-corrected chi connectivity index (χ0v) is 7.76. The quantitative estimate of drug-likeness (QED) is 0.492. The molecule has 0 radical (unpaired) electrons. The molecule has 0 saturated carbocycles. The van der Waals surface area contributed by atoms with Crippen molar-refractivity contribution in [1.82, 2.24) is 0 Å². The van der Waals surface area contributed by atoms with Crippen molar-refractivity contribution < 1.29 is 24.5 Å². The number of carbonyl (C=O) groups is 1. The minimum Gasteiger partial charge on any atom is -0.430 e. The first-order chi connectivity index (χ1) is 6.74. The predicted molar refractivity (Wildman–Crippen MR) is 47.7 cm³/mol. The van der Waals surface area contributed by atoms with Crippen LogP contribution in [0.15, 0.2) is 12.2 Å². The Kier molecular flexibility index (Phi) is 4.42. The molecule has 0 bridgehead atoms. The molecule has 1 aliphatic heterocycles. The van der Waals surface area contributed by atoms with Crippen LogP contribution >= 0.6 is 0 Å². The number of aliphatic hydroxyl groups is 2. The van der Waals surface area contributed by atoms with Gasteiger partial charge in [0.1, 0.15) is 6.61 Å². The molecule has 14 heavy (non-hydrogen) atoms. The number of allylic oxidation sites excluding steroid dienone is 1. The van der Waals surface area contributed by atoms with E-state index in [9.17, 15) is 9.90 Å². The molecule has 0 unspecified atom stereocenters. The molecule has 1 saturated heterocycles. The summed E-state index contributed by atoms with van der Waals surface area (Å²) in [5, 5.41) is 18.0. The smallest absolute Gasteiger partial charge is 0.430 e. The lowest BCUT2D eigenvalue weighted by Crippen LogP contribution is -2.27.